The van der Waals surface area contributed by atoms with Crippen LogP contribution < -0.4 is 9.47 Å². The van der Waals surface area contributed by atoms with Crippen molar-refractivity contribution < 1.29 is 17.9 Å². The molecule has 0 aliphatic carbocycles. The molecule has 0 radical (unpaired) electrons. The summed E-state index contributed by atoms with van der Waals surface area (Å²) in [7, 11) is -0.746. The molecule has 1 saturated heterocycles. The molecule has 1 aromatic carbocycles. The Morgan fingerprint density at radius 1 is 1.23 bits per heavy atom. The number of nitrogens with zero attached hydrogens (tertiary/aromatic N) is 4. The first-order valence-corrected chi connectivity index (χ1v) is 11.0. The molecule has 30 heavy (non-hydrogen) atoms. The number of hydrogen-bond donors (Lipinski definition) is 1. The van der Waals surface area contributed by atoms with Crippen LogP contribution >= 0.6 is 0 Å². The van der Waals surface area contributed by atoms with Crippen LogP contribution in [0.1, 0.15) is 12.2 Å². The second-order valence-corrected chi connectivity index (χ2v) is 8.99. The van der Waals surface area contributed by atoms with Crippen molar-refractivity contribution in [1.29, 1.82) is 0 Å². The molecule has 1 aliphatic rings. The van der Waals surface area contributed by atoms with Gasteiger partial charge in [-0.1, -0.05) is 0 Å². The van der Waals surface area contributed by atoms with Crippen molar-refractivity contribution >= 4 is 10.0 Å². The van der Waals surface area contributed by atoms with Gasteiger partial charge in [0.15, 0.2) is 5.82 Å². The van der Waals surface area contributed by atoms with Crippen molar-refractivity contribution in [2.45, 2.75) is 17.7 Å². The molecule has 3 heterocycles. The number of pyridine rings is 1. The van der Waals surface area contributed by atoms with E-state index in [0.717, 1.165) is 17.8 Å². The van der Waals surface area contributed by atoms with Gasteiger partial charge in [0.1, 0.15) is 22.2 Å². The summed E-state index contributed by atoms with van der Waals surface area (Å²) in [6.07, 6.45) is 4.77. The molecule has 0 amide bonds. The number of methoxy groups -OCH3 is 2. The molecular formula is C20H23N5O4S. The number of nitrogens with one attached hydrogen (secondary N) is 1. The molecule has 4 rings (SSSR count). The molecule has 1 N–H and O–H groups in total. The van der Waals surface area contributed by atoms with E-state index in [1.807, 2.05) is 12.1 Å². The monoisotopic (exact) mass is 429 g/mol. The molecule has 1 atom stereocenters. The molecule has 1 fully saturated rings. The zero-order chi connectivity index (χ0) is 21.1. The highest BCUT2D eigenvalue weighted by atomic mass is 32.2. The van der Waals surface area contributed by atoms with Crippen molar-refractivity contribution in [3.05, 3.63) is 48.5 Å². The summed E-state index contributed by atoms with van der Waals surface area (Å²) in [5.74, 6) is 2.23. The van der Waals surface area contributed by atoms with Gasteiger partial charge in [-0.15, -0.1) is 0 Å². The van der Waals surface area contributed by atoms with Crippen molar-refractivity contribution in [3.8, 4) is 22.9 Å². The van der Waals surface area contributed by atoms with Gasteiger partial charge in [0.05, 0.1) is 14.2 Å². The maximum absolute atomic E-state index is 13.2. The van der Waals surface area contributed by atoms with Crippen molar-refractivity contribution in [2.75, 3.05) is 27.3 Å². The summed E-state index contributed by atoms with van der Waals surface area (Å²) in [5.41, 5.74) is 0.834. The molecule has 0 saturated carbocycles. The molecule has 0 bridgehead atoms. The number of H-pyrrole nitrogens is 1. The van der Waals surface area contributed by atoms with Gasteiger partial charge in [-0.25, -0.2) is 13.4 Å². The van der Waals surface area contributed by atoms with Gasteiger partial charge in [0.25, 0.3) is 0 Å². The van der Waals surface area contributed by atoms with Gasteiger partial charge in [0.2, 0.25) is 10.0 Å². The standard InChI is InChI=1S/C20H23N5O4S/c1-28-16-5-6-17(29-2)18(11-16)30(26,27)25-9-7-14(13-25)10-19-22-20(24-23-19)15-4-3-8-21-12-15/h3-6,8,11-12,14H,7,9-10,13H2,1-2H3,(H,22,23,24). The van der Waals surface area contributed by atoms with Gasteiger partial charge in [-0.05, 0) is 36.6 Å². The number of ether oxygens (including phenoxy) is 2. The summed E-state index contributed by atoms with van der Waals surface area (Å²) in [6, 6.07) is 8.50. The second kappa shape index (κ2) is 8.41. The summed E-state index contributed by atoms with van der Waals surface area (Å²) < 4.78 is 38.4. The van der Waals surface area contributed by atoms with Crippen molar-refractivity contribution in [3.63, 3.8) is 0 Å². The van der Waals surface area contributed by atoms with E-state index in [1.54, 1.807) is 24.5 Å². The Morgan fingerprint density at radius 2 is 2.10 bits per heavy atom. The SMILES string of the molecule is COc1ccc(OC)c(S(=O)(=O)N2CCC(Cc3nc(-c4cccnc4)n[nH]3)C2)c1. The van der Waals surface area contributed by atoms with Crippen LogP contribution in [-0.2, 0) is 16.4 Å². The lowest BCUT2D eigenvalue weighted by Crippen LogP contribution is -2.29. The zero-order valence-electron chi connectivity index (χ0n) is 16.8. The van der Waals surface area contributed by atoms with E-state index in [1.165, 1.54) is 24.6 Å². The van der Waals surface area contributed by atoms with Crippen LogP contribution in [-0.4, -0.2) is 60.2 Å². The van der Waals surface area contributed by atoms with Crippen LogP contribution in [0.2, 0.25) is 0 Å². The van der Waals surface area contributed by atoms with Gasteiger partial charge in [-0.2, -0.15) is 9.40 Å². The fourth-order valence-electron chi connectivity index (χ4n) is 3.59. The van der Waals surface area contributed by atoms with Crippen LogP contribution in [0.3, 0.4) is 0 Å². The quantitative estimate of drug-likeness (QED) is 0.613. The van der Waals surface area contributed by atoms with Crippen molar-refractivity contribution in [2.24, 2.45) is 5.92 Å². The minimum atomic E-state index is -3.70. The fourth-order valence-corrected chi connectivity index (χ4v) is 5.29. The topological polar surface area (TPSA) is 110 Å². The Balaban J connectivity index is 1.48. The summed E-state index contributed by atoms with van der Waals surface area (Å²) in [6.45, 7) is 0.850. The van der Waals surface area contributed by atoms with Gasteiger partial charge in [0, 0.05) is 43.5 Å². The average Bonchev–Trinajstić information content (AvgIpc) is 3.44. The fraction of sp³-hybridized carbons (Fsp3) is 0.350. The lowest BCUT2D eigenvalue weighted by Gasteiger charge is -2.19. The van der Waals surface area contributed by atoms with E-state index < -0.39 is 10.0 Å². The van der Waals surface area contributed by atoms with Crippen molar-refractivity contribution in [1.82, 2.24) is 24.5 Å². The molecule has 158 valence electrons. The Hall–Kier alpha value is -2.98. The van der Waals surface area contributed by atoms with Crippen LogP contribution in [0.25, 0.3) is 11.4 Å². The molecule has 2 aromatic heterocycles. The van der Waals surface area contributed by atoms with E-state index >= 15 is 0 Å². The first-order chi connectivity index (χ1) is 14.5. The van der Waals surface area contributed by atoms with E-state index in [-0.39, 0.29) is 10.8 Å². The smallest absolute Gasteiger partial charge is 0.246 e. The number of sulfonamides is 1. The predicted octanol–water partition coefficient (Wildman–Crippen LogP) is 2.14. The zero-order valence-corrected chi connectivity index (χ0v) is 17.6. The summed E-state index contributed by atoms with van der Waals surface area (Å²) in [5, 5.41) is 7.20. The molecule has 1 unspecified atom stereocenters. The highest BCUT2D eigenvalue weighted by Crippen LogP contribution is 2.33. The molecule has 9 nitrogen and oxygen atoms in total. The van der Waals surface area contributed by atoms with Crippen LogP contribution in [0, 0.1) is 5.92 Å². The maximum Gasteiger partial charge on any atom is 0.246 e. The molecule has 1 aliphatic heterocycles. The van der Waals surface area contributed by atoms with Gasteiger partial charge < -0.3 is 9.47 Å². The normalized spacial score (nSPS) is 17.2. The van der Waals surface area contributed by atoms with Crippen LogP contribution in [0.15, 0.2) is 47.6 Å². The third kappa shape index (κ3) is 4.01. The first-order valence-electron chi connectivity index (χ1n) is 9.55. The Labute approximate surface area is 175 Å². The Morgan fingerprint density at radius 3 is 2.83 bits per heavy atom. The summed E-state index contributed by atoms with van der Waals surface area (Å²) in [4.78, 5) is 8.72. The van der Waals surface area contributed by atoms with Crippen LogP contribution in [0.4, 0.5) is 0 Å². The highest BCUT2D eigenvalue weighted by molar-refractivity contribution is 7.89. The minimum absolute atomic E-state index is 0.114. The lowest BCUT2D eigenvalue weighted by atomic mass is 10.1. The lowest BCUT2D eigenvalue weighted by molar-refractivity contribution is 0.387. The third-order valence-corrected chi connectivity index (χ3v) is 7.06. The predicted molar refractivity (Wildman–Crippen MR) is 110 cm³/mol. The van der Waals surface area contributed by atoms with E-state index in [2.05, 4.69) is 20.2 Å². The number of rotatable bonds is 7. The van der Waals surface area contributed by atoms with Crippen LogP contribution in [0.5, 0.6) is 11.5 Å². The molecule has 10 heteroatoms. The largest absolute Gasteiger partial charge is 0.497 e. The minimum Gasteiger partial charge on any atom is -0.497 e. The van der Waals surface area contributed by atoms with E-state index in [0.29, 0.717) is 36.8 Å². The maximum atomic E-state index is 13.2. The first kappa shape index (κ1) is 20.3. The summed E-state index contributed by atoms with van der Waals surface area (Å²) >= 11 is 0. The van der Waals surface area contributed by atoms with Gasteiger partial charge in [-0.3, -0.25) is 10.1 Å². The van der Waals surface area contributed by atoms with E-state index in [4.69, 9.17) is 9.47 Å². The number of aromatic amines is 1. The van der Waals surface area contributed by atoms with Gasteiger partial charge >= 0.3 is 0 Å². The highest BCUT2D eigenvalue weighted by Gasteiger charge is 2.35. The van der Waals surface area contributed by atoms with E-state index in [9.17, 15) is 8.42 Å². The third-order valence-electron chi connectivity index (χ3n) is 5.17. The number of benzene rings is 1. The Kier molecular flexibility index (Phi) is 5.69. The number of hydrogen-bond acceptors (Lipinski definition) is 7. The second-order valence-electron chi connectivity index (χ2n) is 7.09. The Bertz CT molecular complexity index is 1120. The molecule has 3 aromatic rings. The molecular weight excluding hydrogens is 406 g/mol. The average molecular weight is 430 g/mol. The number of aromatic nitrogens is 4. The molecule has 0 spiro atoms.